The van der Waals surface area contributed by atoms with Gasteiger partial charge in [0.1, 0.15) is 0 Å². The van der Waals surface area contributed by atoms with Gasteiger partial charge in [-0.05, 0) is 44.4 Å². The SMILES string of the molecule is CC1CCC(C(C)C)C(OC(C)C)C1. The van der Waals surface area contributed by atoms with E-state index in [0.29, 0.717) is 12.2 Å². The van der Waals surface area contributed by atoms with Gasteiger partial charge in [0.15, 0.2) is 0 Å². The summed E-state index contributed by atoms with van der Waals surface area (Å²) in [4.78, 5) is 0. The van der Waals surface area contributed by atoms with Gasteiger partial charge in [-0.15, -0.1) is 0 Å². The number of ether oxygens (including phenoxy) is 1. The van der Waals surface area contributed by atoms with Crippen molar-refractivity contribution in [2.24, 2.45) is 17.8 Å². The highest BCUT2D eigenvalue weighted by Gasteiger charge is 2.31. The molecule has 0 saturated heterocycles. The van der Waals surface area contributed by atoms with Crippen LogP contribution in [0.3, 0.4) is 0 Å². The molecule has 1 nitrogen and oxygen atoms in total. The zero-order valence-electron chi connectivity index (χ0n) is 10.4. The topological polar surface area (TPSA) is 9.23 Å². The van der Waals surface area contributed by atoms with E-state index in [9.17, 15) is 0 Å². The zero-order chi connectivity index (χ0) is 10.7. The fourth-order valence-corrected chi connectivity index (χ4v) is 2.62. The third-order valence-electron chi connectivity index (χ3n) is 3.41. The van der Waals surface area contributed by atoms with Gasteiger partial charge in [0.05, 0.1) is 12.2 Å². The third-order valence-corrected chi connectivity index (χ3v) is 3.41. The van der Waals surface area contributed by atoms with Crippen molar-refractivity contribution in [2.75, 3.05) is 0 Å². The summed E-state index contributed by atoms with van der Waals surface area (Å²) in [6, 6.07) is 0. The van der Waals surface area contributed by atoms with Gasteiger partial charge in [0.25, 0.3) is 0 Å². The van der Waals surface area contributed by atoms with Crippen LogP contribution in [-0.4, -0.2) is 12.2 Å². The average molecular weight is 198 g/mol. The zero-order valence-corrected chi connectivity index (χ0v) is 10.4. The van der Waals surface area contributed by atoms with Gasteiger partial charge in [-0.2, -0.15) is 0 Å². The quantitative estimate of drug-likeness (QED) is 0.669. The number of hydrogen-bond acceptors (Lipinski definition) is 1. The molecule has 0 N–H and O–H groups in total. The highest BCUT2D eigenvalue weighted by Crippen LogP contribution is 2.35. The summed E-state index contributed by atoms with van der Waals surface area (Å²) in [6.07, 6.45) is 4.91. The number of rotatable bonds is 3. The van der Waals surface area contributed by atoms with E-state index in [1.54, 1.807) is 0 Å². The van der Waals surface area contributed by atoms with Crippen molar-refractivity contribution >= 4 is 0 Å². The fraction of sp³-hybridized carbons (Fsp3) is 1.00. The molecule has 1 aliphatic rings. The molecule has 0 bridgehead atoms. The van der Waals surface area contributed by atoms with Gasteiger partial charge in [0.2, 0.25) is 0 Å². The molecule has 1 fully saturated rings. The molecular weight excluding hydrogens is 172 g/mol. The van der Waals surface area contributed by atoms with E-state index in [0.717, 1.165) is 17.8 Å². The Bertz CT molecular complexity index is 161. The minimum Gasteiger partial charge on any atom is -0.375 e. The summed E-state index contributed by atoms with van der Waals surface area (Å²) >= 11 is 0. The molecule has 0 aliphatic heterocycles. The Kier molecular flexibility index (Phi) is 4.43. The van der Waals surface area contributed by atoms with Crippen LogP contribution >= 0.6 is 0 Å². The van der Waals surface area contributed by atoms with Gasteiger partial charge in [-0.1, -0.05) is 27.2 Å². The molecule has 1 rings (SSSR count). The Morgan fingerprint density at radius 3 is 2.21 bits per heavy atom. The van der Waals surface area contributed by atoms with Gasteiger partial charge in [-0.25, -0.2) is 0 Å². The molecule has 1 aliphatic carbocycles. The van der Waals surface area contributed by atoms with Gasteiger partial charge in [0, 0.05) is 0 Å². The summed E-state index contributed by atoms with van der Waals surface area (Å²) in [5, 5.41) is 0. The van der Waals surface area contributed by atoms with E-state index < -0.39 is 0 Å². The highest BCUT2D eigenvalue weighted by molar-refractivity contribution is 4.81. The molecule has 1 saturated carbocycles. The van der Waals surface area contributed by atoms with Crippen LogP contribution in [0.4, 0.5) is 0 Å². The van der Waals surface area contributed by atoms with Crippen molar-refractivity contribution in [3.63, 3.8) is 0 Å². The Hall–Kier alpha value is -0.0400. The van der Waals surface area contributed by atoms with Crippen molar-refractivity contribution in [3.8, 4) is 0 Å². The first kappa shape index (κ1) is 12.0. The lowest BCUT2D eigenvalue weighted by molar-refractivity contribution is -0.0672. The molecule has 0 amide bonds. The summed E-state index contributed by atoms with van der Waals surface area (Å²) in [7, 11) is 0. The van der Waals surface area contributed by atoms with Crippen molar-refractivity contribution in [1.82, 2.24) is 0 Å². The first-order valence-electron chi connectivity index (χ1n) is 6.16. The maximum absolute atomic E-state index is 6.04. The molecular formula is C13H26O. The Morgan fingerprint density at radius 1 is 1.07 bits per heavy atom. The van der Waals surface area contributed by atoms with Gasteiger partial charge < -0.3 is 4.74 Å². The molecule has 84 valence electrons. The van der Waals surface area contributed by atoms with Crippen molar-refractivity contribution in [2.45, 2.75) is 66.1 Å². The normalized spacial score (nSPS) is 34.1. The lowest BCUT2D eigenvalue weighted by Crippen LogP contribution is -2.35. The molecule has 3 atom stereocenters. The van der Waals surface area contributed by atoms with Crippen molar-refractivity contribution in [3.05, 3.63) is 0 Å². The largest absolute Gasteiger partial charge is 0.375 e. The van der Waals surface area contributed by atoms with Crippen LogP contribution in [0.2, 0.25) is 0 Å². The molecule has 0 radical (unpaired) electrons. The predicted octanol–water partition coefficient (Wildman–Crippen LogP) is 3.87. The average Bonchev–Trinajstić information content (AvgIpc) is 2.01. The molecule has 0 aromatic carbocycles. The molecule has 0 aromatic rings. The lowest BCUT2D eigenvalue weighted by Gasteiger charge is -2.38. The smallest absolute Gasteiger partial charge is 0.0611 e. The van der Waals surface area contributed by atoms with E-state index >= 15 is 0 Å². The second-order valence-corrected chi connectivity index (χ2v) is 5.55. The first-order chi connectivity index (χ1) is 6.50. The summed E-state index contributed by atoms with van der Waals surface area (Å²) in [5.74, 6) is 2.41. The summed E-state index contributed by atoms with van der Waals surface area (Å²) in [5.41, 5.74) is 0. The Balaban J connectivity index is 2.54. The third kappa shape index (κ3) is 3.27. The second kappa shape index (κ2) is 5.16. The molecule has 0 aromatic heterocycles. The maximum atomic E-state index is 6.04. The van der Waals surface area contributed by atoms with Gasteiger partial charge in [-0.3, -0.25) is 0 Å². The van der Waals surface area contributed by atoms with Crippen LogP contribution < -0.4 is 0 Å². The Labute approximate surface area is 89.2 Å². The summed E-state index contributed by atoms with van der Waals surface area (Å²) in [6.45, 7) is 11.3. The number of hydrogen-bond donors (Lipinski definition) is 0. The fourth-order valence-electron chi connectivity index (χ4n) is 2.62. The maximum Gasteiger partial charge on any atom is 0.0611 e. The van der Waals surface area contributed by atoms with E-state index in [1.807, 2.05) is 0 Å². The van der Waals surface area contributed by atoms with Crippen LogP contribution in [-0.2, 0) is 4.74 Å². The van der Waals surface area contributed by atoms with E-state index in [2.05, 4.69) is 34.6 Å². The van der Waals surface area contributed by atoms with Gasteiger partial charge >= 0.3 is 0 Å². The van der Waals surface area contributed by atoms with Crippen molar-refractivity contribution < 1.29 is 4.74 Å². The first-order valence-corrected chi connectivity index (χ1v) is 6.16. The van der Waals surface area contributed by atoms with Crippen LogP contribution in [0.5, 0.6) is 0 Å². The highest BCUT2D eigenvalue weighted by atomic mass is 16.5. The van der Waals surface area contributed by atoms with Crippen LogP contribution in [0.1, 0.15) is 53.9 Å². The molecule has 1 heteroatoms. The predicted molar refractivity (Wildman–Crippen MR) is 61.4 cm³/mol. The Morgan fingerprint density at radius 2 is 1.71 bits per heavy atom. The standard InChI is InChI=1S/C13H26O/c1-9(2)12-7-6-11(5)8-13(12)14-10(3)4/h9-13H,6-8H2,1-5H3. The van der Waals surface area contributed by atoms with E-state index in [-0.39, 0.29) is 0 Å². The molecule has 0 heterocycles. The summed E-state index contributed by atoms with van der Waals surface area (Å²) < 4.78 is 6.04. The van der Waals surface area contributed by atoms with Crippen LogP contribution in [0, 0.1) is 17.8 Å². The van der Waals surface area contributed by atoms with Crippen LogP contribution in [0.25, 0.3) is 0 Å². The minimum absolute atomic E-state index is 0.381. The second-order valence-electron chi connectivity index (χ2n) is 5.55. The minimum atomic E-state index is 0.381. The monoisotopic (exact) mass is 198 g/mol. The molecule has 3 unspecified atom stereocenters. The van der Waals surface area contributed by atoms with E-state index in [1.165, 1.54) is 19.3 Å². The molecule has 14 heavy (non-hydrogen) atoms. The molecule has 0 spiro atoms. The lowest BCUT2D eigenvalue weighted by atomic mass is 9.75. The van der Waals surface area contributed by atoms with E-state index in [4.69, 9.17) is 4.74 Å². The van der Waals surface area contributed by atoms with Crippen LogP contribution in [0.15, 0.2) is 0 Å². The van der Waals surface area contributed by atoms with Crippen molar-refractivity contribution in [1.29, 1.82) is 0 Å².